The molecule has 0 radical (unpaired) electrons. The van der Waals surface area contributed by atoms with Crippen LogP contribution in [0.2, 0.25) is 0 Å². The van der Waals surface area contributed by atoms with Crippen molar-refractivity contribution in [3.8, 4) is 0 Å². The summed E-state index contributed by atoms with van der Waals surface area (Å²) in [6.45, 7) is 14.7. The molecule has 4 heterocycles. The van der Waals surface area contributed by atoms with Crippen LogP contribution in [-0.4, -0.2) is 68.6 Å². The first-order valence-corrected chi connectivity index (χ1v) is 14.0. The molecule has 0 aliphatic carbocycles. The van der Waals surface area contributed by atoms with Crippen LogP contribution >= 0.6 is 11.8 Å². The molecule has 0 spiro atoms. The van der Waals surface area contributed by atoms with Gasteiger partial charge in [-0.3, -0.25) is 9.69 Å². The van der Waals surface area contributed by atoms with Crippen molar-refractivity contribution in [2.75, 3.05) is 25.0 Å². The van der Waals surface area contributed by atoms with E-state index in [9.17, 15) is 18.4 Å². The number of thioether (sulfide) groups is 1. The molecule has 2 unspecified atom stereocenters. The van der Waals surface area contributed by atoms with E-state index < -0.39 is 28.8 Å². The number of amides is 1. The van der Waals surface area contributed by atoms with E-state index >= 15 is 0 Å². The van der Waals surface area contributed by atoms with Crippen molar-refractivity contribution in [3.63, 3.8) is 0 Å². The Bertz CT molecular complexity index is 1140. The number of pyridine rings is 1. The van der Waals surface area contributed by atoms with Gasteiger partial charge in [-0.25, -0.2) is 23.6 Å². The number of nitrogens with zero attached hydrogens (tertiary/aromatic N) is 4. The minimum atomic E-state index is -2.83. The lowest BCUT2D eigenvalue weighted by Gasteiger charge is -2.43. The van der Waals surface area contributed by atoms with Gasteiger partial charge >= 0.3 is 5.97 Å². The zero-order chi connectivity index (χ0) is 27.8. The van der Waals surface area contributed by atoms with Crippen molar-refractivity contribution in [3.05, 3.63) is 35.7 Å². The quantitative estimate of drug-likeness (QED) is 0.462. The maximum atomic E-state index is 14.6. The number of aliphatic imine (C=N–C) groups is 1. The number of hydrogen-bond acceptors (Lipinski definition) is 8. The summed E-state index contributed by atoms with van der Waals surface area (Å²) in [6, 6.07) is 1.29. The third kappa shape index (κ3) is 5.32. The van der Waals surface area contributed by atoms with E-state index in [0.29, 0.717) is 31.0 Å². The Hall–Kier alpha value is -2.53. The third-order valence-corrected chi connectivity index (χ3v) is 8.39. The number of alkyl halides is 2. The molecular weight excluding hydrogens is 512 g/mol. The molecule has 8 nitrogen and oxygen atoms in total. The van der Waals surface area contributed by atoms with Crippen molar-refractivity contribution in [1.82, 2.24) is 14.8 Å². The van der Waals surface area contributed by atoms with Gasteiger partial charge in [-0.15, -0.1) is 0 Å². The summed E-state index contributed by atoms with van der Waals surface area (Å²) in [5.41, 5.74) is -1.39. The number of allylic oxidation sites excluding steroid dienone is 1. The molecule has 0 bridgehead atoms. The fourth-order valence-electron chi connectivity index (χ4n) is 5.46. The minimum Gasteiger partial charge on any atom is -0.461 e. The number of carbonyl (C=O) groups excluding carboxylic acids is 2. The third-order valence-electron chi connectivity index (χ3n) is 7.09. The molecule has 38 heavy (non-hydrogen) atoms. The van der Waals surface area contributed by atoms with Gasteiger partial charge in [0, 0.05) is 42.1 Å². The molecule has 3 aliphatic heterocycles. The van der Waals surface area contributed by atoms with Gasteiger partial charge in [-0.05, 0) is 71.9 Å². The second-order valence-corrected chi connectivity index (χ2v) is 12.1. The average molecular weight is 550 g/mol. The van der Waals surface area contributed by atoms with Crippen LogP contribution in [0.1, 0.15) is 83.1 Å². The SMILES string of the molecule is C=C1CCCN1C(=O)[C@]1(N2CCCC2C)N=C(C(=O)OCC)SC1c1cnc(NC(C)(C)C)cc1C(F)F. The van der Waals surface area contributed by atoms with Gasteiger partial charge in [-0.2, -0.15) is 0 Å². The van der Waals surface area contributed by atoms with E-state index in [0.717, 1.165) is 31.0 Å². The van der Waals surface area contributed by atoms with Crippen LogP contribution in [0.15, 0.2) is 29.5 Å². The Morgan fingerprint density at radius 3 is 2.61 bits per heavy atom. The monoisotopic (exact) mass is 549 g/mol. The summed E-state index contributed by atoms with van der Waals surface area (Å²) in [7, 11) is 0. The number of ether oxygens (including phenoxy) is 1. The van der Waals surface area contributed by atoms with Crippen molar-refractivity contribution >= 4 is 34.5 Å². The molecule has 1 aromatic rings. The lowest BCUT2D eigenvalue weighted by atomic mass is 9.92. The van der Waals surface area contributed by atoms with Crippen molar-refractivity contribution in [1.29, 1.82) is 0 Å². The number of rotatable bonds is 7. The Morgan fingerprint density at radius 2 is 2.05 bits per heavy atom. The number of esters is 1. The molecule has 0 aromatic carbocycles. The number of hydrogen-bond donors (Lipinski definition) is 1. The van der Waals surface area contributed by atoms with Crippen LogP contribution < -0.4 is 5.32 Å². The molecule has 1 aromatic heterocycles. The summed E-state index contributed by atoms with van der Waals surface area (Å²) in [4.78, 5) is 40.3. The standard InChI is InChI=1S/C27H37F2N5O3S/c1-7-37-24(35)23-32-27(34-13-9-11-17(34)3,25(36)33-12-8-10-16(33)2)21(38-23)19-15-30-20(31-26(4,5)6)14-18(19)22(28)29/h14-15,17,21-22H,2,7-13H2,1,3-6H3,(H,30,31)/t17?,21?,27-/m0/s1. The van der Waals surface area contributed by atoms with Crippen LogP contribution in [0.3, 0.4) is 0 Å². The van der Waals surface area contributed by atoms with Gasteiger partial charge < -0.3 is 15.0 Å². The van der Waals surface area contributed by atoms with Crippen LogP contribution in [0.5, 0.6) is 0 Å². The number of carbonyl (C=O) groups is 2. The first-order valence-electron chi connectivity index (χ1n) is 13.1. The average Bonchev–Trinajstić information content (AvgIpc) is 3.56. The highest BCUT2D eigenvalue weighted by atomic mass is 32.2. The molecular formula is C27H37F2N5O3S. The predicted molar refractivity (Wildman–Crippen MR) is 145 cm³/mol. The Morgan fingerprint density at radius 1 is 1.32 bits per heavy atom. The van der Waals surface area contributed by atoms with E-state index in [1.54, 1.807) is 11.8 Å². The van der Waals surface area contributed by atoms with Crippen molar-refractivity contribution in [2.45, 2.75) is 89.2 Å². The molecule has 3 atom stereocenters. The van der Waals surface area contributed by atoms with Crippen LogP contribution in [0.25, 0.3) is 0 Å². The summed E-state index contributed by atoms with van der Waals surface area (Å²) < 4.78 is 34.5. The van der Waals surface area contributed by atoms with Gasteiger partial charge in [0.2, 0.25) is 5.66 Å². The number of anilines is 1. The second-order valence-electron chi connectivity index (χ2n) is 11.0. The number of likely N-dealkylation sites (tertiary alicyclic amines) is 2. The van der Waals surface area contributed by atoms with Crippen molar-refractivity contribution in [2.24, 2.45) is 4.99 Å². The molecule has 2 saturated heterocycles. The minimum absolute atomic E-state index is 0.00576. The molecule has 2 fully saturated rings. The van der Waals surface area contributed by atoms with E-state index in [2.05, 4.69) is 16.9 Å². The first-order chi connectivity index (χ1) is 17.9. The normalized spacial score (nSPS) is 26.3. The highest BCUT2D eigenvalue weighted by molar-refractivity contribution is 8.16. The number of nitrogens with one attached hydrogen (secondary N) is 1. The molecule has 3 aliphatic rings. The van der Waals surface area contributed by atoms with Crippen molar-refractivity contribution < 1.29 is 23.1 Å². The highest BCUT2D eigenvalue weighted by Crippen LogP contribution is 2.54. The highest BCUT2D eigenvalue weighted by Gasteiger charge is 2.61. The molecule has 1 amide bonds. The van der Waals surface area contributed by atoms with E-state index in [1.807, 2.05) is 32.6 Å². The van der Waals surface area contributed by atoms with Crippen LogP contribution in [0.4, 0.5) is 14.6 Å². The predicted octanol–water partition coefficient (Wildman–Crippen LogP) is 5.30. The zero-order valence-electron chi connectivity index (χ0n) is 22.7. The lowest BCUT2D eigenvalue weighted by Crippen LogP contribution is -2.60. The smallest absolute Gasteiger partial charge is 0.363 e. The van der Waals surface area contributed by atoms with Gasteiger partial charge in [0.1, 0.15) is 5.82 Å². The van der Waals surface area contributed by atoms with Gasteiger partial charge in [0.15, 0.2) is 5.04 Å². The van der Waals surface area contributed by atoms with Crippen LogP contribution in [-0.2, 0) is 14.3 Å². The van der Waals surface area contributed by atoms with E-state index in [1.165, 1.54) is 12.3 Å². The Balaban J connectivity index is 1.92. The first kappa shape index (κ1) is 28.5. The zero-order valence-corrected chi connectivity index (χ0v) is 23.5. The number of halogens is 2. The van der Waals surface area contributed by atoms with Gasteiger partial charge in [0.25, 0.3) is 12.3 Å². The largest absolute Gasteiger partial charge is 0.461 e. The van der Waals surface area contributed by atoms with E-state index in [4.69, 9.17) is 9.73 Å². The topological polar surface area (TPSA) is 87.1 Å². The molecule has 208 valence electrons. The number of aromatic nitrogens is 1. The van der Waals surface area contributed by atoms with Crippen LogP contribution in [0, 0.1) is 0 Å². The summed E-state index contributed by atoms with van der Waals surface area (Å²) in [5, 5.41) is 2.22. The summed E-state index contributed by atoms with van der Waals surface area (Å²) in [6.07, 6.45) is 1.66. The molecule has 11 heteroatoms. The van der Waals surface area contributed by atoms with E-state index in [-0.39, 0.29) is 34.7 Å². The van der Waals surface area contributed by atoms with Gasteiger partial charge in [-0.1, -0.05) is 18.3 Å². The Kier molecular flexibility index (Phi) is 8.18. The molecule has 4 rings (SSSR count). The summed E-state index contributed by atoms with van der Waals surface area (Å²) >= 11 is 1.01. The fraction of sp³-hybridized carbons (Fsp3) is 0.630. The molecule has 1 N–H and O–H groups in total. The van der Waals surface area contributed by atoms with Gasteiger partial charge in [0.05, 0.1) is 11.9 Å². The maximum Gasteiger partial charge on any atom is 0.363 e. The molecule has 0 saturated carbocycles. The lowest BCUT2D eigenvalue weighted by molar-refractivity contribution is -0.142. The summed E-state index contributed by atoms with van der Waals surface area (Å²) in [5.74, 6) is -0.699. The fourth-order valence-corrected chi connectivity index (χ4v) is 6.81. The Labute approximate surface area is 227 Å². The maximum absolute atomic E-state index is 14.6. The second kappa shape index (κ2) is 10.9.